The molecular weight excluding hydrogens is 627 g/mol. The van der Waals surface area contributed by atoms with Crippen molar-refractivity contribution in [2.75, 3.05) is 10.6 Å². The van der Waals surface area contributed by atoms with Gasteiger partial charge < -0.3 is 10.6 Å². The molecule has 0 heterocycles. The Hall–Kier alpha value is -6.05. The molecule has 0 aliphatic heterocycles. The van der Waals surface area contributed by atoms with Crippen molar-refractivity contribution < 1.29 is 20.7 Å². The normalized spacial score (nSPS) is 13.2. The van der Waals surface area contributed by atoms with Crippen LogP contribution in [-0.4, -0.2) is 5.91 Å². The van der Waals surface area contributed by atoms with E-state index in [4.69, 9.17) is 0 Å². The number of nitrogens with one attached hydrogen (secondary N) is 2. The summed E-state index contributed by atoms with van der Waals surface area (Å²) in [5, 5.41) is 12.6. The van der Waals surface area contributed by atoms with Gasteiger partial charge in [-0.05, 0) is 135 Å². The average molecular weight is 677 g/mol. The fourth-order valence-electron chi connectivity index (χ4n) is 5.18. The molecule has 0 spiro atoms. The lowest BCUT2D eigenvalue weighted by molar-refractivity contribution is -0.496. The molecule has 0 unspecified atom stereocenters. The molecule has 8 N–H and O–H groups in total. The van der Waals surface area contributed by atoms with Gasteiger partial charge in [-0.2, -0.15) is 0 Å². The van der Waals surface area contributed by atoms with Crippen molar-refractivity contribution in [3.05, 3.63) is 210 Å². The van der Waals surface area contributed by atoms with Crippen LogP contribution in [0.1, 0.15) is 38.1 Å². The zero-order valence-corrected chi connectivity index (χ0v) is 30.0. The molecule has 0 aliphatic rings. The average Bonchev–Trinajstić information content (AvgIpc) is 3.18. The molecule has 6 heteroatoms. The van der Waals surface area contributed by atoms with Crippen molar-refractivity contribution in [3.63, 3.8) is 0 Å². The number of hydrogen-bond acceptors (Lipinski definition) is 2. The number of anilines is 2. The minimum absolute atomic E-state index is 0.157. The number of nitrogens with two attached hydrogens (primary N) is 3. The molecule has 0 saturated carbocycles. The summed E-state index contributed by atoms with van der Waals surface area (Å²) in [7, 11) is 0. The van der Waals surface area contributed by atoms with Crippen molar-refractivity contribution >= 4 is 34.3 Å². The maximum atomic E-state index is 13.0. The van der Waals surface area contributed by atoms with Crippen LogP contribution in [0.5, 0.6) is 0 Å². The Morgan fingerprint density at radius 1 is 0.471 bits per heavy atom. The van der Waals surface area contributed by atoms with Crippen LogP contribution < -0.4 is 26.6 Å². The maximum Gasteiger partial charge on any atom is 0.255 e. The summed E-state index contributed by atoms with van der Waals surface area (Å²) >= 11 is 0. The standard InChI is InChI=1S/C45H47N5O/c1-5-35(27-31-46-40-15-11-9-12-16-40)37(7-3)29-33-48-42-21-19-39(20-22-42)45(51)50-44-25-23-43(24-26-44)49-34-30-38(8-4)36(6-2)28-32-47-41-17-13-10-14-18-41/h5-34,46-49H,1-4H3,(H,50,51)/p+3/b31-27-,32-28-,33-29-,34-30-,35-5+,36-6+,37-7+,38-8+. The van der Waals surface area contributed by atoms with Crippen LogP contribution in [0.15, 0.2) is 205 Å². The lowest BCUT2D eigenvalue weighted by Crippen LogP contribution is -2.71. The van der Waals surface area contributed by atoms with E-state index in [1.807, 2.05) is 131 Å². The summed E-state index contributed by atoms with van der Waals surface area (Å²) in [6.45, 7) is 8.16. The number of rotatable bonds is 16. The molecule has 6 nitrogen and oxygen atoms in total. The molecule has 0 radical (unpaired) electrons. The Kier molecular flexibility index (Phi) is 15.6. The first-order chi connectivity index (χ1) is 25.0. The van der Waals surface area contributed by atoms with Gasteiger partial charge in [0.05, 0.1) is 18.6 Å². The number of amides is 1. The number of carbonyl (C=O) groups excluding carboxylic acids is 1. The second-order valence-corrected chi connectivity index (χ2v) is 11.5. The van der Waals surface area contributed by atoms with E-state index < -0.39 is 0 Å². The lowest BCUT2D eigenvalue weighted by Gasteiger charge is -2.07. The monoisotopic (exact) mass is 676 g/mol. The van der Waals surface area contributed by atoms with E-state index in [1.54, 1.807) is 0 Å². The second kappa shape index (κ2) is 21.1. The van der Waals surface area contributed by atoms with Gasteiger partial charge in [0.2, 0.25) is 0 Å². The third kappa shape index (κ3) is 12.7. The largest absolute Gasteiger partial charge is 0.362 e. The van der Waals surface area contributed by atoms with Crippen molar-refractivity contribution in [1.82, 2.24) is 0 Å². The summed E-state index contributed by atoms with van der Waals surface area (Å²) in [5.41, 5.74) is 10.1. The first-order valence-electron chi connectivity index (χ1n) is 17.3. The molecule has 4 aromatic rings. The van der Waals surface area contributed by atoms with Gasteiger partial charge >= 0.3 is 0 Å². The van der Waals surface area contributed by atoms with Crippen LogP contribution >= 0.6 is 0 Å². The Labute approximate surface area is 303 Å². The molecule has 0 aromatic heterocycles. The van der Waals surface area contributed by atoms with E-state index in [0.717, 1.165) is 45.0 Å². The van der Waals surface area contributed by atoms with Gasteiger partial charge in [-0.1, -0.05) is 60.7 Å². The molecule has 0 atom stereocenters. The zero-order chi connectivity index (χ0) is 36.1. The minimum Gasteiger partial charge on any atom is -0.362 e. The first-order valence-corrected chi connectivity index (χ1v) is 17.3. The first kappa shape index (κ1) is 37.8. The highest BCUT2D eigenvalue weighted by Gasteiger charge is 2.07. The topological polar surface area (TPSA) is 91.0 Å². The van der Waals surface area contributed by atoms with E-state index >= 15 is 0 Å². The number of hydrogen-bond donors (Lipinski definition) is 5. The molecule has 258 valence electrons. The highest BCUT2D eigenvalue weighted by atomic mass is 16.1. The van der Waals surface area contributed by atoms with Gasteiger partial charge in [0.25, 0.3) is 5.91 Å². The van der Waals surface area contributed by atoms with Gasteiger partial charge in [0.1, 0.15) is 17.1 Å². The van der Waals surface area contributed by atoms with Gasteiger partial charge in [-0.3, -0.25) is 20.7 Å². The molecule has 4 rings (SSSR count). The summed E-state index contributed by atoms with van der Waals surface area (Å²) in [4.78, 5) is 13.0. The number of benzene rings is 4. The Morgan fingerprint density at radius 3 is 1.29 bits per heavy atom. The van der Waals surface area contributed by atoms with Crippen LogP contribution in [0.3, 0.4) is 0 Å². The third-order valence-electron chi connectivity index (χ3n) is 8.03. The van der Waals surface area contributed by atoms with Crippen LogP contribution in [0.25, 0.3) is 0 Å². The van der Waals surface area contributed by atoms with Gasteiger partial charge in [0, 0.05) is 35.3 Å². The van der Waals surface area contributed by atoms with Gasteiger partial charge in [0.15, 0.2) is 0 Å². The van der Waals surface area contributed by atoms with Crippen LogP contribution in [0.4, 0.5) is 28.4 Å². The van der Waals surface area contributed by atoms with E-state index in [2.05, 4.69) is 106 Å². The molecule has 0 bridgehead atoms. The quantitative estimate of drug-likeness (QED) is 0.0612. The second-order valence-electron chi connectivity index (χ2n) is 11.5. The lowest BCUT2D eigenvalue weighted by atomic mass is 10.1. The van der Waals surface area contributed by atoms with Crippen LogP contribution in [0.2, 0.25) is 0 Å². The zero-order valence-electron chi connectivity index (χ0n) is 30.0. The minimum atomic E-state index is -0.157. The summed E-state index contributed by atoms with van der Waals surface area (Å²) in [6.07, 6.45) is 24.9. The molecular formula is C45H50N5O+3. The number of allylic oxidation sites excluding steroid dienone is 12. The van der Waals surface area contributed by atoms with Crippen LogP contribution in [-0.2, 0) is 0 Å². The maximum absolute atomic E-state index is 13.0. The fraction of sp³-hybridized carbons (Fsp3) is 0.0889. The summed E-state index contributed by atoms with van der Waals surface area (Å²) in [6, 6.07) is 35.8. The highest BCUT2D eigenvalue weighted by molar-refractivity contribution is 6.04. The fourth-order valence-corrected chi connectivity index (χ4v) is 5.18. The SMILES string of the molecule is C/C=C(\C=C/Nc1ccc(C(=O)Nc2ccc([NH2+]\C=C/C(=C\C)C(/C=C\[NH2+]c3ccccc3)=C/C)cc2)cc1)C(/C=C\[NH2+]c1ccccc1)=C/C. The van der Waals surface area contributed by atoms with Crippen molar-refractivity contribution in [1.29, 1.82) is 0 Å². The van der Waals surface area contributed by atoms with E-state index in [-0.39, 0.29) is 5.91 Å². The molecule has 0 fully saturated rings. The summed E-state index contributed by atoms with van der Waals surface area (Å²) < 4.78 is 0. The van der Waals surface area contributed by atoms with Crippen molar-refractivity contribution in [2.24, 2.45) is 0 Å². The Morgan fingerprint density at radius 2 is 0.863 bits per heavy atom. The van der Waals surface area contributed by atoms with E-state index in [9.17, 15) is 4.79 Å². The van der Waals surface area contributed by atoms with E-state index in [0.29, 0.717) is 5.56 Å². The van der Waals surface area contributed by atoms with Crippen molar-refractivity contribution in [3.8, 4) is 0 Å². The molecule has 0 saturated heterocycles. The highest BCUT2D eigenvalue weighted by Crippen LogP contribution is 2.17. The third-order valence-corrected chi connectivity index (χ3v) is 8.03. The molecule has 51 heavy (non-hydrogen) atoms. The predicted octanol–water partition coefficient (Wildman–Crippen LogP) is 8.18. The Bertz CT molecular complexity index is 1930. The Balaban J connectivity index is 1.24. The van der Waals surface area contributed by atoms with Crippen molar-refractivity contribution in [2.45, 2.75) is 27.7 Å². The molecule has 0 aliphatic carbocycles. The van der Waals surface area contributed by atoms with Gasteiger partial charge in [-0.25, -0.2) is 0 Å². The number of para-hydroxylation sites is 2. The van der Waals surface area contributed by atoms with E-state index in [1.165, 1.54) is 5.69 Å². The smallest absolute Gasteiger partial charge is 0.255 e. The predicted molar refractivity (Wildman–Crippen MR) is 214 cm³/mol. The molecule has 4 aromatic carbocycles. The van der Waals surface area contributed by atoms with Gasteiger partial charge in [-0.15, -0.1) is 0 Å². The summed E-state index contributed by atoms with van der Waals surface area (Å²) in [5.74, 6) is -0.157. The number of carbonyl (C=O) groups is 1. The molecule has 1 amide bonds. The van der Waals surface area contributed by atoms with Crippen LogP contribution in [0, 0.1) is 0 Å². The number of quaternary nitrogens is 3.